The molecule has 0 amide bonds. The first-order chi connectivity index (χ1) is 8.13. The first-order valence-corrected chi connectivity index (χ1v) is 6.86. The maximum atomic E-state index is 12.0. The fourth-order valence-corrected chi connectivity index (χ4v) is 3.73. The fraction of sp³-hybridized carbons (Fsp3) is 0.538. The molecule has 4 heteroatoms. The van der Waals surface area contributed by atoms with Crippen LogP contribution in [-0.2, 0) is 9.53 Å². The van der Waals surface area contributed by atoms with Crippen molar-refractivity contribution in [1.29, 1.82) is 0 Å². The van der Waals surface area contributed by atoms with E-state index in [-0.39, 0.29) is 17.5 Å². The lowest BCUT2D eigenvalue weighted by molar-refractivity contribution is -0.140. The summed E-state index contributed by atoms with van der Waals surface area (Å²) in [5.41, 5.74) is 4.62. The molecule has 3 rings (SSSR count). The Labute approximate surface area is 105 Å². The molecule has 1 aromatic heterocycles. The zero-order chi connectivity index (χ0) is 12.0. The van der Waals surface area contributed by atoms with Gasteiger partial charge in [0.25, 0.3) is 0 Å². The molecule has 0 saturated carbocycles. The van der Waals surface area contributed by atoms with E-state index in [1.807, 2.05) is 5.38 Å². The molecule has 0 spiro atoms. The van der Waals surface area contributed by atoms with Gasteiger partial charge < -0.3 is 4.74 Å². The minimum atomic E-state index is -0.188. The highest BCUT2D eigenvalue weighted by Gasteiger charge is 2.53. The number of rotatable bonds is 1. The lowest BCUT2D eigenvalue weighted by Gasteiger charge is -2.32. The van der Waals surface area contributed by atoms with Crippen molar-refractivity contribution in [3.05, 3.63) is 27.7 Å². The number of carbonyl (C=O) groups excluding carboxylic acids is 1. The third kappa shape index (κ3) is 1.47. The number of aromatic nitrogens is 1. The first-order valence-electron chi connectivity index (χ1n) is 5.92. The van der Waals surface area contributed by atoms with Crippen LogP contribution in [0.5, 0.6) is 0 Å². The molecule has 1 aromatic rings. The van der Waals surface area contributed by atoms with Crippen LogP contribution in [0, 0.1) is 5.41 Å². The summed E-state index contributed by atoms with van der Waals surface area (Å²) in [5.74, 6) is -0.136. The summed E-state index contributed by atoms with van der Waals surface area (Å²) in [5, 5.41) is 1.98. The molecular formula is C13H15NO2S. The molecule has 1 saturated heterocycles. The summed E-state index contributed by atoms with van der Waals surface area (Å²) in [7, 11) is 0. The van der Waals surface area contributed by atoms with Gasteiger partial charge in [-0.05, 0) is 26.2 Å². The van der Waals surface area contributed by atoms with E-state index in [0.717, 1.165) is 30.5 Å². The minimum Gasteiger partial charge on any atom is -0.451 e. The van der Waals surface area contributed by atoms with E-state index in [9.17, 15) is 4.79 Å². The predicted molar refractivity (Wildman–Crippen MR) is 65.6 cm³/mol. The quantitative estimate of drug-likeness (QED) is 0.717. The van der Waals surface area contributed by atoms with E-state index in [1.54, 1.807) is 16.8 Å². The van der Waals surface area contributed by atoms with Crippen LogP contribution in [0.3, 0.4) is 0 Å². The summed E-state index contributed by atoms with van der Waals surface area (Å²) in [6.45, 7) is 4.19. The Balaban J connectivity index is 2.11. The molecule has 17 heavy (non-hydrogen) atoms. The third-order valence-corrected chi connectivity index (χ3v) is 4.58. The van der Waals surface area contributed by atoms with Gasteiger partial charge in [0.05, 0.1) is 11.2 Å². The Morgan fingerprint density at radius 3 is 3.12 bits per heavy atom. The number of allylic oxidation sites excluding steroid dienone is 1. The fourth-order valence-electron chi connectivity index (χ4n) is 3.16. The van der Waals surface area contributed by atoms with E-state index >= 15 is 0 Å². The Kier molecular flexibility index (Phi) is 2.36. The third-order valence-electron chi connectivity index (χ3n) is 3.97. The molecule has 1 aliphatic carbocycles. The Bertz CT molecular complexity index is 492. The van der Waals surface area contributed by atoms with Gasteiger partial charge in [-0.1, -0.05) is 12.5 Å². The monoisotopic (exact) mass is 249 g/mol. The zero-order valence-electron chi connectivity index (χ0n) is 10.0. The van der Waals surface area contributed by atoms with Gasteiger partial charge in [-0.2, -0.15) is 0 Å². The van der Waals surface area contributed by atoms with Crippen LogP contribution >= 0.6 is 11.3 Å². The van der Waals surface area contributed by atoms with Crippen molar-refractivity contribution in [3.63, 3.8) is 0 Å². The molecule has 2 aliphatic rings. The lowest BCUT2D eigenvalue weighted by atomic mass is 9.69. The van der Waals surface area contributed by atoms with Crippen molar-refractivity contribution >= 4 is 17.3 Å². The normalized spacial score (nSPS) is 32.6. The van der Waals surface area contributed by atoms with Crippen LogP contribution in [0.25, 0.3) is 0 Å². The van der Waals surface area contributed by atoms with Crippen molar-refractivity contribution in [2.24, 2.45) is 5.41 Å². The maximum Gasteiger partial charge on any atom is 0.335 e. The van der Waals surface area contributed by atoms with Crippen molar-refractivity contribution < 1.29 is 9.53 Å². The molecule has 2 atom stereocenters. The van der Waals surface area contributed by atoms with E-state index in [2.05, 4.69) is 18.8 Å². The largest absolute Gasteiger partial charge is 0.451 e. The van der Waals surface area contributed by atoms with Crippen molar-refractivity contribution in [2.75, 3.05) is 0 Å². The summed E-state index contributed by atoms with van der Waals surface area (Å²) in [6, 6.07) is 0. The topological polar surface area (TPSA) is 39.2 Å². The second-order valence-electron chi connectivity index (χ2n) is 5.13. The Morgan fingerprint density at radius 1 is 1.59 bits per heavy atom. The van der Waals surface area contributed by atoms with Crippen LogP contribution in [0.1, 0.15) is 44.9 Å². The van der Waals surface area contributed by atoms with Gasteiger partial charge in [0, 0.05) is 16.4 Å². The minimum absolute atomic E-state index is 0.136. The van der Waals surface area contributed by atoms with Gasteiger partial charge in [0.15, 0.2) is 6.10 Å². The van der Waals surface area contributed by atoms with Crippen LogP contribution in [-0.4, -0.2) is 11.0 Å². The van der Waals surface area contributed by atoms with Crippen LogP contribution in [0.15, 0.2) is 22.0 Å². The second kappa shape index (κ2) is 3.67. The van der Waals surface area contributed by atoms with Gasteiger partial charge in [0.2, 0.25) is 0 Å². The molecule has 1 fully saturated rings. The molecule has 0 aromatic carbocycles. The molecule has 90 valence electrons. The number of thiazole rings is 1. The molecular weight excluding hydrogens is 234 g/mol. The lowest BCUT2D eigenvalue weighted by Crippen LogP contribution is -2.26. The maximum absolute atomic E-state index is 12.0. The molecule has 0 radical (unpaired) electrons. The van der Waals surface area contributed by atoms with E-state index < -0.39 is 0 Å². The molecule has 3 nitrogen and oxygen atoms in total. The number of carbonyl (C=O) groups is 1. The summed E-state index contributed by atoms with van der Waals surface area (Å²) in [4.78, 5) is 16.3. The number of esters is 1. The summed E-state index contributed by atoms with van der Waals surface area (Å²) < 4.78 is 5.57. The van der Waals surface area contributed by atoms with Crippen LogP contribution in [0.2, 0.25) is 0 Å². The molecule has 2 unspecified atom stereocenters. The SMILES string of the molecule is CC1=C2C(=O)OC(c3cscn3)C2(C)CCC1. The summed E-state index contributed by atoms with van der Waals surface area (Å²) in [6.07, 6.45) is 2.96. The van der Waals surface area contributed by atoms with Gasteiger partial charge in [-0.3, -0.25) is 0 Å². The average molecular weight is 249 g/mol. The van der Waals surface area contributed by atoms with Crippen molar-refractivity contribution in [3.8, 4) is 0 Å². The standard InChI is InChI=1S/C13H15NO2S/c1-8-4-3-5-13(2)10(8)12(15)16-11(13)9-6-17-7-14-9/h6-7,11H,3-5H2,1-2H3. The van der Waals surface area contributed by atoms with E-state index in [1.165, 1.54) is 5.57 Å². The first kappa shape index (κ1) is 11.0. The van der Waals surface area contributed by atoms with Crippen molar-refractivity contribution in [2.45, 2.75) is 39.2 Å². The predicted octanol–water partition coefficient (Wildman–Crippen LogP) is 3.25. The Morgan fingerprint density at radius 2 is 2.41 bits per heavy atom. The molecule has 0 bridgehead atoms. The highest BCUT2D eigenvalue weighted by Crippen LogP contribution is 2.55. The number of fused-ring (bicyclic) bond motifs is 1. The number of hydrogen-bond donors (Lipinski definition) is 0. The number of ether oxygens (including phenoxy) is 1. The van der Waals surface area contributed by atoms with E-state index in [4.69, 9.17) is 4.74 Å². The second-order valence-corrected chi connectivity index (χ2v) is 5.84. The highest BCUT2D eigenvalue weighted by molar-refractivity contribution is 7.07. The summed E-state index contributed by atoms with van der Waals surface area (Å²) >= 11 is 1.55. The van der Waals surface area contributed by atoms with Gasteiger partial charge in [0.1, 0.15) is 0 Å². The number of cyclic esters (lactones) is 1. The van der Waals surface area contributed by atoms with E-state index in [0.29, 0.717) is 0 Å². The number of hydrogen-bond acceptors (Lipinski definition) is 4. The van der Waals surface area contributed by atoms with Gasteiger partial charge in [-0.15, -0.1) is 11.3 Å². The molecule has 0 N–H and O–H groups in total. The van der Waals surface area contributed by atoms with Crippen LogP contribution in [0.4, 0.5) is 0 Å². The van der Waals surface area contributed by atoms with Gasteiger partial charge in [-0.25, -0.2) is 9.78 Å². The number of nitrogens with zero attached hydrogens (tertiary/aromatic N) is 1. The molecule has 1 aliphatic heterocycles. The highest BCUT2D eigenvalue weighted by atomic mass is 32.1. The smallest absolute Gasteiger partial charge is 0.335 e. The average Bonchev–Trinajstić information content (AvgIpc) is 2.85. The van der Waals surface area contributed by atoms with Crippen LogP contribution < -0.4 is 0 Å². The van der Waals surface area contributed by atoms with Crippen molar-refractivity contribution in [1.82, 2.24) is 4.98 Å². The Hall–Kier alpha value is -1.16. The molecule has 2 heterocycles. The zero-order valence-corrected chi connectivity index (χ0v) is 10.8. The van der Waals surface area contributed by atoms with Gasteiger partial charge >= 0.3 is 5.97 Å².